The van der Waals surface area contributed by atoms with Crippen molar-refractivity contribution in [2.45, 2.75) is 6.54 Å². The summed E-state index contributed by atoms with van der Waals surface area (Å²) in [6.45, 7) is 0.772. The number of hydrogen-bond acceptors (Lipinski definition) is 4. The highest BCUT2D eigenvalue weighted by molar-refractivity contribution is 7.07. The van der Waals surface area contributed by atoms with E-state index < -0.39 is 0 Å². The van der Waals surface area contributed by atoms with Gasteiger partial charge in [-0.05, 0) is 12.1 Å². The Morgan fingerprint density at radius 2 is 2.12 bits per heavy atom. The monoisotopic (exact) mass is 233 g/mol. The van der Waals surface area contributed by atoms with Crippen LogP contribution in [0.4, 0.5) is 11.4 Å². The maximum absolute atomic E-state index is 4.25. The highest BCUT2D eigenvalue weighted by Gasteiger charge is 2.03. The van der Waals surface area contributed by atoms with Crippen molar-refractivity contribution in [3.63, 3.8) is 0 Å². The van der Waals surface area contributed by atoms with E-state index in [9.17, 15) is 0 Å². The summed E-state index contributed by atoms with van der Waals surface area (Å²) in [7, 11) is 4.09. The number of benzene rings is 1. The summed E-state index contributed by atoms with van der Waals surface area (Å²) >= 11 is 1.62. The molecule has 16 heavy (non-hydrogen) atoms. The van der Waals surface area contributed by atoms with Crippen LogP contribution in [0, 0.1) is 0 Å². The molecule has 1 aromatic heterocycles. The van der Waals surface area contributed by atoms with Gasteiger partial charge in [-0.25, -0.2) is 4.98 Å². The lowest BCUT2D eigenvalue weighted by Gasteiger charge is -2.17. The Bertz CT molecular complexity index is 437. The number of anilines is 2. The van der Waals surface area contributed by atoms with E-state index >= 15 is 0 Å². The molecular weight excluding hydrogens is 218 g/mol. The third-order valence-electron chi connectivity index (χ3n) is 2.33. The fourth-order valence-corrected chi connectivity index (χ4v) is 2.08. The third-order valence-corrected chi connectivity index (χ3v) is 2.96. The second-order valence-corrected chi connectivity index (χ2v) is 4.46. The molecule has 0 atom stereocenters. The van der Waals surface area contributed by atoms with E-state index in [1.807, 2.05) is 31.7 Å². The molecule has 0 amide bonds. The van der Waals surface area contributed by atoms with Crippen LogP contribution < -0.4 is 10.2 Å². The molecule has 3 nitrogen and oxygen atoms in total. The molecule has 0 fully saturated rings. The molecule has 1 heterocycles. The molecule has 0 aliphatic heterocycles. The molecule has 2 aromatic rings. The van der Waals surface area contributed by atoms with Crippen molar-refractivity contribution in [3.05, 3.63) is 40.8 Å². The zero-order valence-corrected chi connectivity index (χ0v) is 10.3. The summed E-state index contributed by atoms with van der Waals surface area (Å²) in [6, 6.07) is 8.27. The van der Waals surface area contributed by atoms with Crippen LogP contribution in [0.3, 0.4) is 0 Å². The van der Waals surface area contributed by atoms with Gasteiger partial charge in [0.05, 0.1) is 29.1 Å². The summed E-state index contributed by atoms with van der Waals surface area (Å²) in [5.41, 5.74) is 5.27. The molecule has 0 aliphatic carbocycles. The Morgan fingerprint density at radius 3 is 2.81 bits per heavy atom. The number of thiazole rings is 1. The van der Waals surface area contributed by atoms with Crippen LogP contribution in [0.1, 0.15) is 5.69 Å². The lowest BCUT2D eigenvalue weighted by atomic mass is 10.2. The van der Waals surface area contributed by atoms with E-state index in [2.05, 4.69) is 32.7 Å². The third kappa shape index (κ3) is 2.52. The molecule has 0 spiro atoms. The van der Waals surface area contributed by atoms with E-state index in [-0.39, 0.29) is 0 Å². The fourth-order valence-electron chi connectivity index (χ4n) is 1.52. The van der Waals surface area contributed by atoms with Gasteiger partial charge >= 0.3 is 0 Å². The first kappa shape index (κ1) is 11.0. The largest absolute Gasteiger partial charge is 0.378 e. The van der Waals surface area contributed by atoms with Crippen LogP contribution in [0.25, 0.3) is 0 Å². The van der Waals surface area contributed by atoms with Gasteiger partial charge in [0.15, 0.2) is 0 Å². The molecule has 1 aromatic carbocycles. The van der Waals surface area contributed by atoms with Crippen molar-refractivity contribution in [1.82, 2.24) is 4.98 Å². The van der Waals surface area contributed by atoms with Crippen molar-refractivity contribution in [3.8, 4) is 0 Å². The van der Waals surface area contributed by atoms with Crippen LogP contribution in [-0.4, -0.2) is 19.1 Å². The van der Waals surface area contributed by atoms with Crippen molar-refractivity contribution in [2.75, 3.05) is 24.3 Å². The maximum Gasteiger partial charge on any atom is 0.0795 e. The quantitative estimate of drug-likeness (QED) is 0.880. The Balaban J connectivity index is 2.09. The van der Waals surface area contributed by atoms with Gasteiger partial charge in [-0.1, -0.05) is 12.1 Å². The summed E-state index contributed by atoms with van der Waals surface area (Å²) in [5, 5.41) is 5.46. The Hall–Kier alpha value is -1.55. The van der Waals surface area contributed by atoms with Gasteiger partial charge in [0, 0.05) is 19.5 Å². The smallest absolute Gasteiger partial charge is 0.0795 e. The fraction of sp³-hybridized carbons (Fsp3) is 0.250. The Labute approximate surface area is 99.8 Å². The average molecular weight is 233 g/mol. The second-order valence-electron chi connectivity index (χ2n) is 3.74. The van der Waals surface area contributed by atoms with E-state index in [1.54, 1.807) is 11.3 Å². The SMILES string of the molecule is CN(C)c1ccccc1NCc1cscn1. The van der Waals surface area contributed by atoms with Gasteiger partial charge in [-0.15, -0.1) is 11.3 Å². The van der Waals surface area contributed by atoms with Crippen LogP contribution in [0.2, 0.25) is 0 Å². The summed E-state index contributed by atoms with van der Waals surface area (Å²) in [5.74, 6) is 0. The topological polar surface area (TPSA) is 28.2 Å². The summed E-state index contributed by atoms with van der Waals surface area (Å²) in [6.07, 6.45) is 0. The van der Waals surface area contributed by atoms with Gasteiger partial charge in [0.1, 0.15) is 0 Å². The molecule has 4 heteroatoms. The number of nitrogens with zero attached hydrogens (tertiary/aromatic N) is 2. The van der Waals surface area contributed by atoms with Crippen LogP contribution in [0.5, 0.6) is 0 Å². The Morgan fingerprint density at radius 1 is 1.31 bits per heavy atom. The zero-order valence-electron chi connectivity index (χ0n) is 9.47. The number of aromatic nitrogens is 1. The van der Waals surface area contributed by atoms with Gasteiger partial charge in [-0.2, -0.15) is 0 Å². The molecule has 0 aliphatic rings. The van der Waals surface area contributed by atoms with Gasteiger partial charge in [0.2, 0.25) is 0 Å². The van der Waals surface area contributed by atoms with Crippen LogP contribution >= 0.6 is 11.3 Å². The van der Waals surface area contributed by atoms with Crippen LogP contribution in [-0.2, 0) is 6.54 Å². The summed E-state index contributed by atoms with van der Waals surface area (Å²) in [4.78, 5) is 6.35. The molecule has 0 bridgehead atoms. The average Bonchev–Trinajstić information content (AvgIpc) is 2.79. The van der Waals surface area contributed by atoms with E-state index in [1.165, 1.54) is 5.69 Å². The molecule has 0 unspecified atom stereocenters. The second kappa shape index (κ2) is 4.99. The minimum Gasteiger partial charge on any atom is -0.378 e. The minimum atomic E-state index is 0.772. The Kier molecular flexibility index (Phi) is 3.41. The molecule has 2 rings (SSSR count). The highest BCUT2D eigenvalue weighted by Crippen LogP contribution is 2.23. The zero-order chi connectivity index (χ0) is 11.4. The normalized spacial score (nSPS) is 10.1. The summed E-state index contributed by atoms with van der Waals surface area (Å²) < 4.78 is 0. The molecular formula is C12H15N3S. The highest BCUT2D eigenvalue weighted by atomic mass is 32.1. The van der Waals surface area contributed by atoms with Gasteiger partial charge in [0.25, 0.3) is 0 Å². The predicted molar refractivity (Wildman–Crippen MR) is 70.2 cm³/mol. The number of para-hydroxylation sites is 2. The number of rotatable bonds is 4. The van der Waals surface area contributed by atoms with Crippen LogP contribution in [0.15, 0.2) is 35.2 Å². The van der Waals surface area contributed by atoms with E-state index in [0.717, 1.165) is 17.9 Å². The minimum absolute atomic E-state index is 0.772. The number of nitrogens with one attached hydrogen (secondary N) is 1. The van der Waals surface area contributed by atoms with E-state index in [0.29, 0.717) is 0 Å². The first-order valence-electron chi connectivity index (χ1n) is 5.14. The predicted octanol–water partition coefficient (Wildman–Crippen LogP) is 2.82. The maximum atomic E-state index is 4.25. The first-order chi connectivity index (χ1) is 7.77. The van der Waals surface area contributed by atoms with Gasteiger partial charge in [-0.3, -0.25) is 0 Å². The molecule has 0 saturated heterocycles. The van der Waals surface area contributed by atoms with Gasteiger partial charge < -0.3 is 10.2 Å². The van der Waals surface area contributed by atoms with Crippen molar-refractivity contribution < 1.29 is 0 Å². The lowest BCUT2D eigenvalue weighted by Crippen LogP contribution is -2.12. The first-order valence-corrected chi connectivity index (χ1v) is 6.09. The molecule has 0 saturated carbocycles. The number of hydrogen-bond donors (Lipinski definition) is 1. The van der Waals surface area contributed by atoms with Crippen molar-refractivity contribution in [2.24, 2.45) is 0 Å². The molecule has 1 N–H and O–H groups in total. The van der Waals surface area contributed by atoms with Crippen molar-refractivity contribution >= 4 is 22.7 Å². The molecule has 84 valence electrons. The molecule has 0 radical (unpaired) electrons. The lowest BCUT2D eigenvalue weighted by molar-refractivity contribution is 1.06. The van der Waals surface area contributed by atoms with Crippen molar-refractivity contribution in [1.29, 1.82) is 0 Å². The standard InChI is InChI=1S/C12H15N3S/c1-15(2)12-6-4-3-5-11(12)13-7-10-8-16-9-14-10/h3-6,8-9,13H,7H2,1-2H3. The van der Waals surface area contributed by atoms with E-state index in [4.69, 9.17) is 0 Å².